The summed E-state index contributed by atoms with van der Waals surface area (Å²) in [7, 11) is 1.48. The molecule has 0 amide bonds. The van der Waals surface area contributed by atoms with Crippen LogP contribution in [0.1, 0.15) is 11.1 Å². The van der Waals surface area contributed by atoms with Crippen LogP contribution in [0.2, 0.25) is 0 Å². The number of halogens is 3. The molecule has 0 unspecified atom stereocenters. The van der Waals surface area contributed by atoms with Crippen molar-refractivity contribution >= 4 is 35.7 Å². The summed E-state index contributed by atoms with van der Waals surface area (Å²) in [5.41, 5.74) is 1.31. The first kappa shape index (κ1) is 16.3. The van der Waals surface area contributed by atoms with Crippen LogP contribution in [0.25, 0.3) is 0 Å². The Hall–Kier alpha value is -1.11. The molecule has 0 aliphatic heterocycles. The van der Waals surface area contributed by atoms with Crippen molar-refractivity contribution in [2.45, 2.75) is 18.4 Å². The molecule has 0 radical (unpaired) electrons. The molecular weight excluding hydrogens is 383 g/mol. The van der Waals surface area contributed by atoms with Crippen LogP contribution in [-0.4, -0.2) is 8.42 Å². The van der Waals surface area contributed by atoms with E-state index >= 15 is 0 Å². The predicted octanol–water partition coefficient (Wildman–Crippen LogP) is 4.40. The van der Waals surface area contributed by atoms with E-state index < -0.39 is 14.9 Å². The van der Waals surface area contributed by atoms with Crippen molar-refractivity contribution in [3.05, 3.63) is 57.8 Å². The molecule has 0 aliphatic carbocycles. The molecule has 0 fully saturated rings. The minimum Gasteiger partial charge on any atom is -0.487 e. The fraction of sp³-hybridized carbons (Fsp3) is 0.143. The Morgan fingerprint density at radius 1 is 1.24 bits per heavy atom. The number of hydrogen-bond donors (Lipinski definition) is 0. The van der Waals surface area contributed by atoms with E-state index in [1.54, 1.807) is 19.1 Å². The van der Waals surface area contributed by atoms with Gasteiger partial charge in [0.15, 0.2) is 0 Å². The first-order valence-corrected chi connectivity index (χ1v) is 8.99. The van der Waals surface area contributed by atoms with Crippen molar-refractivity contribution in [1.29, 1.82) is 0 Å². The maximum atomic E-state index is 13.2. The molecule has 7 heteroatoms. The van der Waals surface area contributed by atoms with Crippen LogP contribution in [0, 0.1) is 12.7 Å². The van der Waals surface area contributed by atoms with Crippen LogP contribution in [0.15, 0.2) is 45.8 Å². The summed E-state index contributed by atoms with van der Waals surface area (Å²) in [5.74, 6) is -0.266. The molecule has 0 saturated carbocycles. The maximum Gasteiger partial charge on any atom is 0.264 e. The van der Waals surface area contributed by atoms with Crippen LogP contribution < -0.4 is 4.74 Å². The van der Waals surface area contributed by atoms with Gasteiger partial charge in [-0.2, -0.15) is 0 Å². The second-order valence-electron chi connectivity index (χ2n) is 4.41. The predicted molar refractivity (Wildman–Crippen MR) is 82.6 cm³/mol. The average Bonchev–Trinajstić information content (AvgIpc) is 2.40. The fourth-order valence-corrected chi connectivity index (χ4v) is 3.15. The van der Waals surface area contributed by atoms with Gasteiger partial charge in [0, 0.05) is 20.7 Å². The molecule has 3 nitrogen and oxygen atoms in total. The molecule has 0 N–H and O–H groups in total. The first-order valence-electron chi connectivity index (χ1n) is 5.89. The van der Waals surface area contributed by atoms with Crippen LogP contribution in [0.3, 0.4) is 0 Å². The highest BCUT2D eigenvalue weighted by Gasteiger charge is 2.17. The third kappa shape index (κ3) is 4.18. The van der Waals surface area contributed by atoms with Gasteiger partial charge in [-0.25, -0.2) is 12.8 Å². The minimum absolute atomic E-state index is 0.0147. The molecule has 2 rings (SSSR count). The van der Waals surface area contributed by atoms with E-state index in [0.29, 0.717) is 10.0 Å². The molecule has 0 heterocycles. The van der Waals surface area contributed by atoms with Gasteiger partial charge in [0.05, 0.1) is 0 Å². The highest BCUT2D eigenvalue weighted by molar-refractivity contribution is 9.10. The summed E-state index contributed by atoms with van der Waals surface area (Å²) in [6.07, 6.45) is 0. The quantitative estimate of drug-likeness (QED) is 0.723. The van der Waals surface area contributed by atoms with Crippen molar-refractivity contribution in [2.24, 2.45) is 0 Å². The standard InChI is InChI=1S/C14H11BrClFO3S/c1-9-2-5-13(14(6-9)21(16,18)19)20-8-10-7-11(17)3-4-12(10)15/h2-7H,8H2,1H3. The van der Waals surface area contributed by atoms with E-state index in [0.717, 1.165) is 5.56 Å². The lowest BCUT2D eigenvalue weighted by Gasteiger charge is -2.11. The lowest BCUT2D eigenvalue weighted by molar-refractivity contribution is 0.296. The Balaban J connectivity index is 2.30. The van der Waals surface area contributed by atoms with E-state index in [9.17, 15) is 12.8 Å². The van der Waals surface area contributed by atoms with Gasteiger partial charge < -0.3 is 4.74 Å². The van der Waals surface area contributed by atoms with E-state index in [1.165, 1.54) is 24.3 Å². The first-order chi connectivity index (χ1) is 9.77. The molecule has 0 spiro atoms. The minimum atomic E-state index is -3.92. The summed E-state index contributed by atoms with van der Waals surface area (Å²) in [4.78, 5) is -0.100. The highest BCUT2D eigenvalue weighted by Crippen LogP contribution is 2.29. The summed E-state index contributed by atoms with van der Waals surface area (Å²) in [6, 6.07) is 8.85. The Morgan fingerprint density at radius 3 is 2.62 bits per heavy atom. The molecule has 0 aromatic heterocycles. The molecule has 0 atom stereocenters. The largest absolute Gasteiger partial charge is 0.487 e. The van der Waals surface area contributed by atoms with Crippen molar-refractivity contribution in [3.8, 4) is 5.75 Å². The Labute approximate surface area is 135 Å². The van der Waals surface area contributed by atoms with Gasteiger partial charge in [-0.05, 0) is 42.8 Å². The molecule has 21 heavy (non-hydrogen) atoms. The monoisotopic (exact) mass is 392 g/mol. The van der Waals surface area contributed by atoms with Crippen molar-refractivity contribution < 1.29 is 17.5 Å². The number of rotatable bonds is 4. The Morgan fingerprint density at radius 2 is 1.95 bits per heavy atom. The number of aryl methyl sites for hydroxylation is 1. The van der Waals surface area contributed by atoms with E-state index in [-0.39, 0.29) is 17.3 Å². The smallest absolute Gasteiger partial charge is 0.264 e. The van der Waals surface area contributed by atoms with Gasteiger partial charge in [-0.1, -0.05) is 22.0 Å². The summed E-state index contributed by atoms with van der Waals surface area (Å²) >= 11 is 3.28. The van der Waals surface area contributed by atoms with Crippen LogP contribution in [-0.2, 0) is 15.7 Å². The average molecular weight is 394 g/mol. The topological polar surface area (TPSA) is 43.4 Å². The number of benzene rings is 2. The highest BCUT2D eigenvalue weighted by atomic mass is 79.9. The summed E-state index contributed by atoms with van der Waals surface area (Å²) in [6.45, 7) is 1.76. The van der Waals surface area contributed by atoms with Crippen LogP contribution >= 0.6 is 26.6 Å². The van der Waals surface area contributed by atoms with Gasteiger partial charge in [0.2, 0.25) is 0 Å². The van der Waals surface area contributed by atoms with Gasteiger partial charge in [-0.15, -0.1) is 0 Å². The van der Waals surface area contributed by atoms with Gasteiger partial charge >= 0.3 is 0 Å². The third-order valence-corrected chi connectivity index (χ3v) is 4.87. The zero-order chi connectivity index (χ0) is 15.6. The summed E-state index contributed by atoms with van der Waals surface area (Å²) in [5, 5.41) is 0. The fourth-order valence-electron chi connectivity index (χ4n) is 1.73. The number of ether oxygens (including phenoxy) is 1. The van der Waals surface area contributed by atoms with Crippen LogP contribution in [0.4, 0.5) is 4.39 Å². The Bertz CT molecular complexity index is 778. The van der Waals surface area contributed by atoms with E-state index in [1.807, 2.05) is 0 Å². The molecule has 112 valence electrons. The zero-order valence-corrected chi connectivity index (χ0v) is 14.1. The summed E-state index contributed by atoms with van der Waals surface area (Å²) < 4.78 is 42.5. The molecule has 2 aromatic rings. The molecular formula is C14H11BrClFO3S. The maximum absolute atomic E-state index is 13.2. The van der Waals surface area contributed by atoms with E-state index in [2.05, 4.69) is 15.9 Å². The van der Waals surface area contributed by atoms with E-state index in [4.69, 9.17) is 15.4 Å². The second-order valence-corrected chi connectivity index (χ2v) is 7.80. The molecule has 0 aliphatic rings. The SMILES string of the molecule is Cc1ccc(OCc2cc(F)ccc2Br)c(S(=O)(=O)Cl)c1. The molecule has 0 saturated heterocycles. The van der Waals surface area contributed by atoms with Gasteiger partial charge in [0.25, 0.3) is 9.05 Å². The van der Waals surface area contributed by atoms with Crippen molar-refractivity contribution in [1.82, 2.24) is 0 Å². The lowest BCUT2D eigenvalue weighted by atomic mass is 10.2. The molecule has 2 aromatic carbocycles. The van der Waals surface area contributed by atoms with Crippen molar-refractivity contribution in [2.75, 3.05) is 0 Å². The second kappa shape index (κ2) is 6.34. The normalized spacial score (nSPS) is 11.4. The Kier molecular flexibility index (Phi) is 4.91. The third-order valence-electron chi connectivity index (χ3n) is 2.75. The van der Waals surface area contributed by atoms with Gasteiger partial charge in [0.1, 0.15) is 23.1 Å². The lowest BCUT2D eigenvalue weighted by Crippen LogP contribution is -2.02. The number of hydrogen-bond acceptors (Lipinski definition) is 3. The molecule has 0 bridgehead atoms. The zero-order valence-electron chi connectivity index (χ0n) is 10.9. The van der Waals surface area contributed by atoms with Crippen LogP contribution in [0.5, 0.6) is 5.75 Å². The van der Waals surface area contributed by atoms with Crippen molar-refractivity contribution in [3.63, 3.8) is 0 Å². The van der Waals surface area contributed by atoms with Gasteiger partial charge in [-0.3, -0.25) is 0 Å².